The molecule has 0 aliphatic rings. The molecule has 0 spiro atoms. The summed E-state index contributed by atoms with van der Waals surface area (Å²) in [7, 11) is 0. The van der Waals surface area contributed by atoms with Crippen molar-refractivity contribution in [2.75, 3.05) is 4.90 Å². The fourth-order valence-electron chi connectivity index (χ4n) is 9.60. The number of para-hydroxylation sites is 2. The maximum Gasteiger partial charge on any atom is 0.0541 e. The van der Waals surface area contributed by atoms with Crippen LogP contribution in [-0.4, -0.2) is 4.57 Å². The molecule has 0 unspecified atom stereocenters. The normalized spacial score (nSPS) is 11.5. The number of benzene rings is 11. The molecule has 0 saturated heterocycles. The average Bonchev–Trinajstić information content (AvgIpc) is 3.69. The van der Waals surface area contributed by atoms with E-state index in [4.69, 9.17) is 0 Å². The minimum Gasteiger partial charge on any atom is -0.311 e. The summed E-state index contributed by atoms with van der Waals surface area (Å²) < 4.78 is 2.38. The molecule has 1 aromatic heterocycles. The monoisotopic (exact) mass is 788 g/mol. The highest BCUT2D eigenvalue weighted by atomic mass is 15.1. The van der Waals surface area contributed by atoms with E-state index in [9.17, 15) is 0 Å². The zero-order valence-corrected chi connectivity index (χ0v) is 34.0. The van der Waals surface area contributed by atoms with Gasteiger partial charge in [0, 0.05) is 33.5 Å². The third-order valence-electron chi connectivity index (χ3n) is 12.6. The molecule has 0 amide bonds. The molecule has 0 radical (unpaired) electrons. The third-order valence-corrected chi connectivity index (χ3v) is 12.6. The summed E-state index contributed by atoms with van der Waals surface area (Å²) in [6, 6.07) is 88.3. The number of hydrogen-bond acceptors (Lipinski definition) is 1. The van der Waals surface area contributed by atoms with Gasteiger partial charge in [-0.3, -0.25) is 0 Å². The Balaban J connectivity index is 0.922. The van der Waals surface area contributed by atoms with Crippen molar-refractivity contribution in [1.82, 2.24) is 4.57 Å². The van der Waals surface area contributed by atoms with E-state index in [0.29, 0.717) is 0 Å². The number of fused-ring (bicyclic) bond motifs is 9. The maximum atomic E-state index is 2.38. The Morgan fingerprint density at radius 3 is 1.10 bits per heavy atom. The van der Waals surface area contributed by atoms with Crippen molar-refractivity contribution in [2.45, 2.75) is 0 Å². The van der Waals surface area contributed by atoms with Crippen molar-refractivity contribution < 1.29 is 0 Å². The number of hydrogen-bond donors (Lipinski definition) is 0. The van der Waals surface area contributed by atoms with Crippen LogP contribution in [0.15, 0.2) is 243 Å². The second-order valence-electron chi connectivity index (χ2n) is 16.1. The molecule has 290 valence electrons. The molecule has 2 nitrogen and oxygen atoms in total. The standard InChI is InChI=1S/C60H40N2/c1-2-13-41(14-3-1)42-25-32-47(33-26-42)61(49-36-29-44(30-37-49)46-31-38-55-53-19-5-4-17-51(53)52-18-6-7-20-54(52)58(55)40-46)48-34-27-43(28-35-48)45-15-12-16-50(39-45)62-59-23-10-8-21-56(59)57-22-9-11-24-60(57)62/h1-40H. The Kier molecular flexibility index (Phi) is 8.53. The predicted octanol–water partition coefficient (Wildman–Crippen LogP) is 16.7. The quantitative estimate of drug-likeness (QED) is 0.146. The minimum absolute atomic E-state index is 1.09. The number of aromatic nitrogens is 1. The molecule has 12 aromatic rings. The Labute approximate surface area is 360 Å². The summed E-state index contributed by atoms with van der Waals surface area (Å²) in [5.41, 5.74) is 14.0. The molecule has 62 heavy (non-hydrogen) atoms. The summed E-state index contributed by atoms with van der Waals surface area (Å²) in [6.45, 7) is 0. The van der Waals surface area contributed by atoms with Crippen molar-refractivity contribution in [3.63, 3.8) is 0 Å². The molecule has 0 aliphatic heterocycles. The third kappa shape index (κ3) is 6.04. The molecule has 0 atom stereocenters. The molecule has 0 fully saturated rings. The maximum absolute atomic E-state index is 2.38. The first-order valence-electron chi connectivity index (χ1n) is 21.3. The van der Waals surface area contributed by atoms with Crippen LogP contribution in [0.2, 0.25) is 0 Å². The van der Waals surface area contributed by atoms with E-state index in [0.717, 1.165) is 22.7 Å². The molecule has 0 N–H and O–H groups in total. The largest absolute Gasteiger partial charge is 0.311 e. The zero-order valence-electron chi connectivity index (χ0n) is 34.0. The highest BCUT2D eigenvalue weighted by molar-refractivity contribution is 6.25. The Morgan fingerprint density at radius 2 is 0.581 bits per heavy atom. The second kappa shape index (κ2) is 14.8. The Morgan fingerprint density at radius 1 is 0.226 bits per heavy atom. The number of anilines is 3. The summed E-state index contributed by atoms with van der Waals surface area (Å²) in [6.07, 6.45) is 0. The number of rotatable bonds is 7. The fourth-order valence-corrected chi connectivity index (χ4v) is 9.60. The van der Waals surface area contributed by atoms with Crippen LogP contribution in [0.25, 0.3) is 93.2 Å². The van der Waals surface area contributed by atoms with Gasteiger partial charge in [-0.2, -0.15) is 0 Å². The molecule has 2 heteroatoms. The molecule has 0 saturated carbocycles. The van der Waals surface area contributed by atoms with E-state index in [1.165, 1.54) is 87.5 Å². The van der Waals surface area contributed by atoms with Gasteiger partial charge in [-0.15, -0.1) is 0 Å². The lowest BCUT2D eigenvalue weighted by atomic mass is 9.92. The van der Waals surface area contributed by atoms with Crippen molar-refractivity contribution in [2.24, 2.45) is 0 Å². The van der Waals surface area contributed by atoms with Crippen LogP contribution in [0.4, 0.5) is 17.1 Å². The molecular weight excluding hydrogens is 749 g/mol. The van der Waals surface area contributed by atoms with Crippen molar-refractivity contribution >= 4 is 71.2 Å². The van der Waals surface area contributed by atoms with Crippen LogP contribution < -0.4 is 4.90 Å². The highest BCUT2D eigenvalue weighted by Crippen LogP contribution is 2.41. The average molecular weight is 789 g/mol. The summed E-state index contributed by atoms with van der Waals surface area (Å²) in [4.78, 5) is 2.36. The molecule has 0 aliphatic carbocycles. The fraction of sp³-hybridized carbons (Fsp3) is 0. The van der Waals surface area contributed by atoms with Gasteiger partial charge in [0.1, 0.15) is 0 Å². The van der Waals surface area contributed by atoms with Gasteiger partial charge < -0.3 is 9.47 Å². The van der Waals surface area contributed by atoms with Crippen molar-refractivity contribution in [3.05, 3.63) is 243 Å². The van der Waals surface area contributed by atoms with Gasteiger partial charge in [-0.05, 0) is 132 Å². The van der Waals surface area contributed by atoms with Gasteiger partial charge in [0.05, 0.1) is 11.0 Å². The molecule has 12 rings (SSSR count). The van der Waals surface area contributed by atoms with Crippen LogP contribution in [0.3, 0.4) is 0 Å². The molecule has 11 aromatic carbocycles. The van der Waals surface area contributed by atoms with Crippen LogP contribution >= 0.6 is 0 Å². The summed E-state index contributed by atoms with van der Waals surface area (Å²) in [5, 5.41) is 10.3. The van der Waals surface area contributed by atoms with Crippen molar-refractivity contribution in [1.29, 1.82) is 0 Å². The van der Waals surface area contributed by atoms with Gasteiger partial charge in [-0.25, -0.2) is 0 Å². The van der Waals surface area contributed by atoms with E-state index in [1.807, 2.05) is 0 Å². The van der Waals surface area contributed by atoms with Crippen LogP contribution in [-0.2, 0) is 0 Å². The lowest BCUT2D eigenvalue weighted by Gasteiger charge is -2.26. The van der Waals surface area contributed by atoms with Gasteiger partial charge in [0.2, 0.25) is 0 Å². The smallest absolute Gasteiger partial charge is 0.0541 e. The lowest BCUT2D eigenvalue weighted by Crippen LogP contribution is -2.09. The number of nitrogens with zero attached hydrogens (tertiary/aromatic N) is 2. The minimum atomic E-state index is 1.09. The van der Waals surface area contributed by atoms with Crippen LogP contribution in [0.5, 0.6) is 0 Å². The molecule has 1 heterocycles. The first-order valence-corrected chi connectivity index (χ1v) is 21.3. The first kappa shape index (κ1) is 35.7. The Hall–Kier alpha value is -8.20. The van der Waals surface area contributed by atoms with Crippen LogP contribution in [0, 0.1) is 0 Å². The Bertz CT molecular complexity index is 3510. The van der Waals surface area contributed by atoms with E-state index >= 15 is 0 Å². The first-order chi connectivity index (χ1) is 30.7. The van der Waals surface area contributed by atoms with Gasteiger partial charge in [-0.1, -0.05) is 176 Å². The van der Waals surface area contributed by atoms with E-state index in [-0.39, 0.29) is 0 Å². The topological polar surface area (TPSA) is 8.17 Å². The van der Waals surface area contributed by atoms with E-state index < -0.39 is 0 Å². The predicted molar refractivity (Wildman–Crippen MR) is 264 cm³/mol. The zero-order chi connectivity index (χ0) is 41.0. The second-order valence-corrected chi connectivity index (χ2v) is 16.1. The van der Waals surface area contributed by atoms with Gasteiger partial charge in [0.15, 0.2) is 0 Å². The molecular formula is C60H40N2. The van der Waals surface area contributed by atoms with E-state index in [1.54, 1.807) is 0 Å². The van der Waals surface area contributed by atoms with E-state index in [2.05, 4.69) is 252 Å². The molecule has 0 bridgehead atoms. The lowest BCUT2D eigenvalue weighted by molar-refractivity contribution is 1.18. The van der Waals surface area contributed by atoms with Crippen LogP contribution in [0.1, 0.15) is 0 Å². The summed E-state index contributed by atoms with van der Waals surface area (Å²) in [5.74, 6) is 0. The van der Waals surface area contributed by atoms with Gasteiger partial charge in [0.25, 0.3) is 0 Å². The SMILES string of the molecule is c1ccc(-c2ccc(N(c3ccc(-c4cccc(-n5c6ccccc6c6ccccc65)c4)cc3)c3ccc(-c4ccc5c6ccccc6c6ccccc6c5c4)cc3)cc2)cc1. The van der Waals surface area contributed by atoms with Crippen molar-refractivity contribution in [3.8, 4) is 39.1 Å². The van der Waals surface area contributed by atoms with Gasteiger partial charge >= 0.3 is 0 Å². The highest BCUT2D eigenvalue weighted by Gasteiger charge is 2.16. The summed E-state index contributed by atoms with van der Waals surface area (Å²) >= 11 is 0.